The number of amides is 1. The van der Waals surface area contributed by atoms with E-state index in [2.05, 4.69) is 5.32 Å². The SMILES string of the molecule is COc1ccccc1SCC(NC(C)=O)C(=O)O. The Labute approximate surface area is 110 Å². The van der Waals surface area contributed by atoms with Crippen molar-refractivity contribution in [2.75, 3.05) is 12.9 Å². The summed E-state index contributed by atoms with van der Waals surface area (Å²) >= 11 is 1.33. The highest BCUT2D eigenvalue weighted by molar-refractivity contribution is 7.99. The van der Waals surface area contributed by atoms with E-state index in [1.54, 1.807) is 13.2 Å². The van der Waals surface area contributed by atoms with Gasteiger partial charge >= 0.3 is 5.97 Å². The fourth-order valence-corrected chi connectivity index (χ4v) is 2.37. The van der Waals surface area contributed by atoms with Crippen molar-refractivity contribution >= 4 is 23.6 Å². The first-order valence-corrected chi connectivity index (χ1v) is 6.29. The van der Waals surface area contributed by atoms with Crippen LogP contribution in [0.3, 0.4) is 0 Å². The van der Waals surface area contributed by atoms with E-state index >= 15 is 0 Å². The van der Waals surface area contributed by atoms with Crippen LogP contribution in [0, 0.1) is 0 Å². The zero-order valence-electron chi connectivity index (χ0n) is 10.2. The number of para-hydroxylation sites is 1. The summed E-state index contributed by atoms with van der Waals surface area (Å²) in [7, 11) is 1.56. The van der Waals surface area contributed by atoms with Gasteiger partial charge in [0.05, 0.1) is 7.11 Å². The van der Waals surface area contributed by atoms with Crippen molar-refractivity contribution in [2.24, 2.45) is 0 Å². The molecule has 0 radical (unpaired) electrons. The van der Waals surface area contributed by atoms with E-state index < -0.39 is 12.0 Å². The molecule has 1 rings (SSSR count). The van der Waals surface area contributed by atoms with Crippen molar-refractivity contribution in [2.45, 2.75) is 17.9 Å². The lowest BCUT2D eigenvalue weighted by Gasteiger charge is -2.13. The highest BCUT2D eigenvalue weighted by Crippen LogP contribution is 2.28. The number of carbonyl (C=O) groups is 2. The van der Waals surface area contributed by atoms with Crippen molar-refractivity contribution in [3.05, 3.63) is 24.3 Å². The van der Waals surface area contributed by atoms with Gasteiger partial charge in [-0.15, -0.1) is 11.8 Å². The van der Waals surface area contributed by atoms with Crippen LogP contribution < -0.4 is 10.1 Å². The number of thioether (sulfide) groups is 1. The summed E-state index contributed by atoms with van der Waals surface area (Å²) in [6, 6.07) is 6.43. The maximum atomic E-state index is 11.0. The maximum absolute atomic E-state index is 11.0. The third-order valence-corrected chi connectivity index (χ3v) is 3.30. The van der Waals surface area contributed by atoms with Gasteiger partial charge in [0, 0.05) is 17.6 Å². The molecule has 1 aromatic carbocycles. The molecule has 0 heterocycles. The van der Waals surface area contributed by atoms with Crippen LogP contribution in [0.15, 0.2) is 29.2 Å². The van der Waals surface area contributed by atoms with Crippen LogP contribution in [0.2, 0.25) is 0 Å². The highest BCUT2D eigenvalue weighted by atomic mass is 32.2. The lowest BCUT2D eigenvalue weighted by atomic mass is 10.3. The number of hydrogen-bond acceptors (Lipinski definition) is 4. The Balaban J connectivity index is 2.66. The molecule has 1 aromatic rings. The molecule has 0 aliphatic heterocycles. The number of nitrogens with one attached hydrogen (secondary N) is 1. The van der Waals surface area contributed by atoms with Gasteiger partial charge in [0.25, 0.3) is 0 Å². The molecule has 1 atom stereocenters. The number of carbonyl (C=O) groups excluding carboxylic acids is 1. The first kappa shape index (κ1) is 14.4. The van der Waals surface area contributed by atoms with Crippen LogP contribution >= 0.6 is 11.8 Å². The lowest BCUT2D eigenvalue weighted by Crippen LogP contribution is -2.41. The van der Waals surface area contributed by atoms with E-state index in [0.717, 1.165) is 4.90 Å². The predicted molar refractivity (Wildman–Crippen MR) is 69.0 cm³/mol. The van der Waals surface area contributed by atoms with Crippen LogP contribution in [0.1, 0.15) is 6.92 Å². The monoisotopic (exact) mass is 269 g/mol. The number of aliphatic carboxylic acids is 1. The lowest BCUT2D eigenvalue weighted by molar-refractivity contribution is -0.140. The van der Waals surface area contributed by atoms with Crippen molar-refractivity contribution < 1.29 is 19.4 Å². The van der Waals surface area contributed by atoms with Crippen molar-refractivity contribution in [1.82, 2.24) is 5.32 Å². The molecular weight excluding hydrogens is 254 g/mol. The second-order valence-electron chi connectivity index (χ2n) is 3.55. The fraction of sp³-hybridized carbons (Fsp3) is 0.333. The van der Waals surface area contributed by atoms with Crippen LogP contribution in [0.25, 0.3) is 0 Å². The zero-order valence-corrected chi connectivity index (χ0v) is 11.0. The van der Waals surface area contributed by atoms with E-state index in [4.69, 9.17) is 9.84 Å². The molecule has 0 aliphatic rings. The van der Waals surface area contributed by atoms with E-state index in [1.165, 1.54) is 18.7 Å². The fourth-order valence-electron chi connectivity index (χ4n) is 1.33. The average Bonchev–Trinajstić information content (AvgIpc) is 2.34. The van der Waals surface area contributed by atoms with Gasteiger partial charge in [0.15, 0.2) is 0 Å². The van der Waals surface area contributed by atoms with Gasteiger partial charge in [-0.1, -0.05) is 12.1 Å². The Morgan fingerprint density at radius 3 is 2.67 bits per heavy atom. The molecule has 0 fully saturated rings. The predicted octanol–water partition coefficient (Wildman–Crippen LogP) is 1.38. The number of benzene rings is 1. The number of carboxylic acids is 1. The molecule has 6 heteroatoms. The number of carboxylic acid groups (broad SMARTS) is 1. The van der Waals surface area contributed by atoms with Crippen molar-refractivity contribution in [3.8, 4) is 5.75 Å². The van der Waals surface area contributed by atoms with E-state index in [1.807, 2.05) is 18.2 Å². The Morgan fingerprint density at radius 1 is 1.44 bits per heavy atom. The van der Waals surface area contributed by atoms with Gasteiger partial charge in [-0.3, -0.25) is 4.79 Å². The molecule has 0 saturated carbocycles. The minimum Gasteiger partial charge on any atom is -0.496 e. The summed E-state index contributed by atoms with van der Waals surface area (Å²) in [4.78, 5) is 22.7. The normalized spacial score (nSPS) is 11.7. The Hall–Kier alpha value is -1.69. The third-order valence-electron chi connectivity index (χ3n) is 2.15. The smallest absolute Gasteiger partial charge is 0.327 e. The van der Waals surface area contributed by atoms with Gasteiger partial charge < -0.3 is 15.2 Å². The average molecular weight is 269 g/mol. The summed E-state index contributed by atoms with van der Waals surface area (Å²) in [6.07, 6.45) is 0. The van der Waals surface area contributed by atoms with Crippen molar-refractivity contribution in [3.63, 3.8) is 0 Å². The topological polar surface area (TPSA) is 75.6 Å². The van der Waals surface area contributed by atoms with Crippen LogP contribution in [0.5, 0.6) is 5.75 Å². The van der Waals surface area contributed by atoms with Crippen LogP contribution in [-0.4, -0.2) is 35.9 Å². The van der Waals surface area contributed by atoms with Gasteiger partial charge in [0.2, 0.25) is 5.91 Å². The minimum atomic E-state index is -1.05. The minimum absolute atomic E-state index is 0.245. The molecule has 0 bridgehead atoms. The number of rotatable bonds is 6. The van der Waals surface area contributed by atoms with Gasteiger partial charge in [-0.2, -0.15) is 0 Å². The zero-order chi connectivity index (χ0) is 13.5. The summed E-state index contributed by atoms with van der Waals surface area (Å²) in [5, 5.41) is 11.4. The highest BCUT2D eigenvalue weighted by Gasteiger charge is 2.19. The number of methoxy groups -OCH3 is 1. The molecule has 0 aromatic heterocycles. The maximum Gasteiger partial charge on any atom is 0.327 e. The van der Waals surface area contributed by atoms with E-state index in [9.17, 15) is 9.59 Å². The van der Waals surface area contributed by atoms with Crippen LogP contribution in [0.4, 0.5) is 0 Å². The number of hydrogen-bond donors (Lipinski definition) is 2. The third kappa shape index (κ3) is 4.29. The Morgan fingerprint density at radius 2 is 2.11 bits per heavy atom. The summed E-state index contributed by atoms with van der Waals surface area (Å²) < 4.78 is 5.16. The first-order chi connectivity index (χ1) is 8.54. The van der Waals surface area contributed by atoms with Gasteiger partial charge in [-0.05, 0) is 12.1 Å². The Bertz CT molecular complexity index is 436. The molecule has 18 heavy (non-hydrogen) atoms. The quantitative estimate of drug-likeness (QED) is 0.763. The standard InChI is InChI=1S/C12H15NO4S/c1-8(14)13-9(12(15)16)7-18-11-6-4-3-5-10(11)17-2/h3-6,9H,7H2,1-2H3,(H,13,14)(H,15,16). The molecule has 1 unspecified atom stereocenters. The van der Waals surface area contributed by atoms with Gasteiger partial charge in [-0.25, -0.2) is 4.79 Å². The van der Waals surface area contributed by atoms with E-state index in [0.29, 0.717) is 5.75 Å². The summed E-state index contributed by atoms with van der Waals surface area (Å²) in [6.45, 7) is 1.30. The van der Waals surface area contributed by atoms with E-state index in [-0.39, 0.29) is 11.7 Å². The summed E-state index contributed by atoms with van der Waals surface area (Å²) in [5.41, 5.74) is 0. The molecule has 0 saturated heterocycles. The molecular formula is C12H15NO4S. The van der Waals surface area contributed by atoms with Crippen molar-refractivity contribution in [1.29, 1.82) is 0 Å². The van der Waals surface area contributed by atoms with Crippen LogP contribution in [-0.2, 0) is 9.59 Å². The molecule has 2 N–H and O–H groups in total. The molecule has 98 valence electrons. The largest absolute Gasteiger partial charge is 0.496 e. The molecule has 0 spiro atoms. The molecule has 5 nitrogen and oxygen atoms in total. The Kier molecular flexibility index (Phi) is 5.51. The second kappa shape index (κ2) is 6.90. The molecule has 1 amide bonds. The second-order valence-corrected chi connectivity index (χ2v) is 4.62. The molecule has 0 aliphatic carbocycles. The number of ether oxygens (including phenoxy) is 1. The first-order valence-electron chi connectivity index (χ1n) is 5.30. The van der Waals surface area contributed by atoms with Gasteiger partial charge in [0.1, 0.15) is 11.8 Å². The summed E-state index contributed by atoms with van der Waals surface area (Å²) in [5.74, 6) is -0.472.